The number of carboxylic acid groups (broad SMARTS) is 1. The largest absolute Gasteiger partial charge is 0.508 e. The van der Waals surface area contributed by atoms with Gasteiger partial charge < -0.3 is 42.0 Å². The molecule has 3 amide bonds. The number of nitrogens with one attached hydrogen (secondary N) is 4. The SMILES string of the molecule is NC(Cc1cnc[nH]1)C(=O)NC(CO)C(=O)NC(Cc1ccc(O)cc1)C(=O)NC(CS)C(=O)O. The number of H-pyrrole nitrogens is 1. The first-order valence-electron chi connectivity index (χ1n) is 10.5. The molecule has 9 N–H and O–H groups in total. The zero-order chi connectivity index (χ0) is 26.0. The van der Waals surface area contributed by atoms with Crippen LogP contribution in [0.15, 0.2) is 36.8 Å². The Balaban J connectivity index is 2.11. The van der Waals surface area contributed by atoms with E-state index in [9.17, 15) is 34.5 Å². The number of nitrogens with two attached hydrogens (primary N) is 1. The third kappa shape index (κ3) is 8.59. The molecule has 13 nitrogen and oxygen atoms in total. The highest BCUT2D eigenvalue weighted by atomic mass is 32.1. The number of aliphatic carboxylic acids is 1. The second-order valence-electron chi connectivity index (χ2n) is 7.64. The van der Waals surface area contributed by atoms with E-state index in [2.05, 4.69) is 38.5 Å². The number of imidazole rings is 1. The molecule has 1 heterocycles. The number of aromatic hydroxyl groups is 1. The summed E-state index contributed by atoms with van der Waals surface area (Å²) in [5, 5.41) is 35.4. The van der Waals surface area contributed by atoms with Gasteiger partial charge in [0, 0.05) is 30.5 Å². The highest BCUT2D eigenvalue weighted by Crippen LogP contribution is 2.12. The van der Waals surface area contributed by atoms with Gasteiger partial charge in [0.15, 0.2) is 0 Å². The van der Waals surface area contributed by atoms with Gasteiger partial charge in [-0.05, 0) is 17.7 Å². The summed E-state index contributed by atoms with van der Waals surface area (Å²) in [5.41, 5.74) is 7.00. The lowest BCUT2D eigenvalue weighted by atomic mass is 10.0. The summed E-state index contributed by atoms with van der Waals surface area (Å²) in [5.74, 6) is -3.92. The van der Waals surface area contributed by atoms with Gasteiger partial charge in [-0.1, -0.05) is 12.1 Å². The molecule has 1 aromatic heterocycles. The van der Waals surface area contributed by atoms with Crippen LogP contribution < -0.4 is 21.7 Å². The Bertz CT molecular complexity index is 1000. The van der Waals surface area contributed by atoms with Crippen molar-refractivity contribution in [2.24, 2.45) is 5.73 Å². The Hall–Kier alpha value is -3.62. The minimum atomic E-state index is -1.43. The molecule has 0 aliphatic carbocycles. The van der Waals surface area contributed by atoms with E-state index < -0.39 is 54.5 Å². The number of amides is 3. The molecule has 0 spiro atoms. The number of hydrogen-bond donors (Lipinski definition) is 9. The van der Waals surface area contributed by atoms with Crippen LogP contribution >= 0.6 is 12.6 Å². The van der Waals surface area contributed by atoms with Crippen molar-refractivity contribution in [3.63, 3.8) is 0 Å². The van der Waals surface area contributed by atoms with Crippen molar-refractivity contribution in [1.29, 1.82) is 0 Å². The molecule has 0 saturated heterocycles. The molecule has 1 aromatic carbocycles. The number of carboxylic acids is 1. The number of hydrogen-bond acceptors (Lipinski definition) is 9. The fourth-order valence-corrected chi connectivity index (χ4v) is 3.25. The van der Waals surface area contributed by atoms with Crippen molar-refractivity contribution in [2.45, 2.75) is 37.0 Å². The van der Waals surface area contributed by atoms with Gasteiger partial charge in [0.25, 0.3) is 0 Å². The first kappa shape index (κ1) is 27.6. The third-order valence-corrected chi connectivity index (χ3v) is 5.32. The second kappa shape index (κ2) is 13.3. The Morgan fingerprint density at radius 1 is 0.971 bits per heavy atom. The van der Waals surface area contributed by atoms with Crippen LogP contribution in [-0.4, -0.2) is 85.5 Å². The van der Waals surface area contributed by atoms with Gasteiger partial charge >= 0.3 is 5.97 Å². The van der Waals surface area contributed by atoms with E-state index in [-0.39, 0.29) is 24.3 Å². The zero-order valence-electron chi connectivity index (χ0n) is 18.5. The number of aliphatic hydroxyl groups excluding tert-OH is 1. The smallest absolute Gasteiger partial charge is 0.327 e. The van der Waals surface area contributed by atoms with Crippen LogP contribution in [0.4, 0.5) is 0 Å². The molecule has 190 valence electrons. The van der Waals surface area contributed by atoms with Gasteiger partial charge in [0.2, 0.25) is 17.7 Å². The van der Waals surface area contributed by atoms with Gasteiger partial charge in [0.1, 0.15) is 23.9 Å². The number of carbonyl (C=O) groups is 4. The Morgan fingerprint density at radius 3 is 2.11 bits per heavy atom. The molecule has 0 aliphatic rings. The summed E-state index contributed by atoms with van der Waals surface area (Å²) in [6, 6.07) is 0.780. The van der Waals surface area contributed by atoms with E-state index in [1.54, 1.807) is 0 Å². The fourth-order valence-electron chi connectivity index (χ4n) is 3.01. The van der Waals surface area contributed by atoms with Crippen LogP contribution in [0.1, 0.15) is 11.3 Å². The Labute approximate surface area is 205 Å². The van der Waals surface area contributed by atoms with Crippen molar-refractivity contribution in [3.8, 4) is 5.75 Å². The topological polar surface area (TPSA) is 220 Å². The molecular formula is C21H28N6O7S. The maximum Gasteiger partial charge on any atom is 0.327 e. The number of aliphatic hydroxyl groups is 1. The van der Waals surface area contributed by atoms with Crippen LogP contribution in [0.2, 0.25) is 0 Å². The van der Waals surface area contributed by atoms with Crippen LogP contribution in [0.25, 0.3) is 0 Å². The van der Waals surface area contributed by atoms with E-state index in [4.69, 9.17) is 5.73 Å². The van der Waals surface area contributed by atoms with Crippen LogP contribution in [-0.2, 0) is 32.0 Å². The third-order valence-electron chi connectivity index (χ3n) is 4.95. The number of rotatable bonds is 13. The highest BCUT2D eigenvalue weighted by molar-refractivity contribution is 7.80. The van der Waals surface area contributed by atoms with E-state index in [1.807, 2.05) is 0 Å². The molecule has 0 radical (unpaired) electrons. The average molecular weight is 509 g/mol. The molecule has 2 rings (SSSR count). The van der Waals surface area contributed by atoms with Crippen LogP contribution in [0.5, 0.6) is 5.75 Å². The first-order valence-corrected chi connectivity index (χ1v) is 11.1. The lowest BCUT2D eigenvalue weighted by molar-refractivity contribution is -0.141. The summed E-state index contributed by atoms with van der Waals surface area (Å²) in [6.45, 7) is -0.781. The standard InChI is InChI=1S/C21H28N6O7S/c22-14(6-12-7-23-10-24-12)18(30)26-16(8-28)20(32)25-15(5-11-1-3-13(29)4-2-11)19(31)27-17(9-35)21(33)34/h1-4,7,10,14-17,28-29,35H,5-6,8-9,22H2,(H,23,24)(H,25,32)(H,26,30)(H,27,31)(H,33,34). The molecule has 0 bridgehead atoms. The van der Waals surface area contributed by atoms with E-state index in [0.29, 0.717) is 11.3 Å². The van der Waals surface area contributed by atoms with Crippen LogP contribution in [0.3, 0.4) is 0 Å². The molecule has 14 heteroatoms. The monoisotopic (exact) mass is 508 g/mol. The summed E-state index contributed by atoms with van der Waals surface area (Å²) >= 11 is 3.90. The molecule has 2 aromatic rings. The molecule has 0 aliphatic heterocycles. The number of carbonyl (C=O) groups excluding carboxylic acids is 3. The molecule has 0 saturated carbocycles. The van der Waals surface area contributed by atoms with E-state index in [0.717, 1.165) is 0 Å². The molecule has 4 unspecified atom stereocenters. The fraction of sp³-hybridized carbons (Fsp3) is 0.381. The Morgan fingerprint density at radius 2 is 1.57 bits per heavy atom. The van der Waals surface area contributed by atoms with Gasteiger partial charge in [-0.15, -0.1) is 0 Å². The average Bonchev–Trinajstić information content (AvgIpc) is 3.34. The van der Waals surface area contributed by atoms with Gasteiger partial charge in [-0.3, -0.25) is 14.4 Å². The predicted octanol–water partition coefficient (Wildman–Crippen LogP) is -2.31. The number of nitrogens with zero attached hydrogens (tertiary/aromatic N) is 1. The van der Waals surface area contributed by atoms with Crippen molar-refractivity contribution in [3.05, 3.63) is 48.0 Å². The number of benzene rings is 1. The maximum absolute atomic E-state index is 12.8. The van der Waals surface area contributed by atoms with Crippen molar-refractivity contribution in [2.75, 3.05) is 12.4 Å². The number of aromatic nitrogens is 2. The molecular weight excluding hydrogens is 480 g/mol. The summed E-state index contributed by atoms with van der Waals surface area (Å²) in [6.07, 6.45) is 2.96. The summed E-state index contributed by atoms with van der Waals surface area (Å²) < 4.78 is 0. The van der Waals surface area contributed by atoms with Crippen molar-refractivity contribution >= 4 is 36.3 Å². The lowest BCUT2D eigenvalue weighted by Crippen LogP contribution is -2.58. The normalized spacial score (nSPS) is 14.3. The number of aromatic amines is 1. The zero-order valence-corrected chi connectivity index (χ0v) is 19.4. The summed E-state index contributed by atoms with van der Waals surface area (Å²) in [4.78, 5) is 55.9. The minimum absolute atomic E-state index is 0.00525. The number of phenolic OH excluding ortho intramolecular Hbond substituents is 1. The van der Waals surface area contributed by atoms with Crippen molar-refractivity contribution < 1.29 is 34.5 Å². The first-order chi connectivity index (χ1) is 16.6. The molecule has 0 fully saturated rings. The minimum Gasteiger partial charge on any atom is -0.508 e. The van der Waals surface area contributed by atoms with E-state index >= 15 is 0 Å². The summed E-state index contributed by atoms with van der Waals surface area (Å²) in [7, 11) is 0. The second-order valence-corrected chi connectivity index (χ2v) is 8.01. The lowest BCUT2D eigenvalue weighted by Gasteiger charge is -2.24. The highest BCUT2D eigenvalue weighted by Gasteiger charge is 2.30. The molecule has 35 heavy (non-hydrogen) atoms. The van der Waals surface area contributed by atoms with Gasteiger partial charge in [-0.2, -0.15) is 12.6 Å². The van der Waals surface area contributed by atoms with E-state index in [1.165, 1.54) is 36.8 Å². The van der Waals surface area contributed by atoms with Crippen molar-refractivity contribution in [1.82, 2.24) is 25.9 Å². The molecule has 4 atom stereocenters. The maximum atomic E-state index is 12.8. The number of thiol groups is 1. The quantitative estimate of drug-likeness (QED) is 0.132. The van der Waals surface area contributed by atoms with Crippen LogP contribution in [0, 0.1) is 0 Å². The van der Waals surface area contributed by atoms with Gasteiger partial charge in [0.05, 0.1) is 19.0 Å². The Kier molecular flexibility index (Phi) is 10.5. The van der Waals surface area contributed by atoms with Gasteiger partial charge in [-0.25, -0.2) is 9.78 Å². The predicted molar refractivity (Wildman–Crippen MR) is 126 cm³/mol. The number of phenols is 1.